The molecule has 0 radical (unpaired) electrons. The Bertz CT molecular complexity index is 557. The zero-order chi connectivity index (χ0) is 16.2. The van der Waals surface area contributed by atoms with Crippen molar-refractivity contribution in [1.82, 2.24) is 4.90 Å². The highest BCUT2D eigenvalue weighted by molar-refractivity contribution is 5.92. The van der Waals surface area contributed by atoms with Crippen LogP contribution in [0.2, 0.25) is 0 Å². The quantitative estimate of drug-likeness (QED) is 0.839. The molecule has 0 aromatic heterocycles. The predicted octanol–water partition coefficient (Wildman–Crippen LogP) is 3.25. The lowest BCUT2D eigenvalue weighted by Crippen LogP contribution is -2.32. The number of nitrogens with two attached hydrogens (primary N) is 1. The second-order valence-corrected chi connectivity index (χ2v) is 7.00. The molecule has 124 valence electrons. The first-order chi connectivity index (χ1) is 11.1. The highest BCUT2D eigenvalue weighted by Gasteiger charge is 2.32. The van der Waals surface area contributed by atoms with E-state index in [1.807, 2.05) is 17.0 Å². The summed E-state index contributed by atoms with van der Waals surface area (Å²) in [6, 6.07) is 7.71. The lowest BCUT2D eigenvalue weighted by atomic mass is 10.0. The summed E-state index contributed by atoms with van der Waals surface area (Å²) in [5.41, 5.74) is 6.85. The fourth-order valence-corrected chi connectivity index (χ4v) is 3.55. The maximum absolute atomic E-state index is 12.6. The summed E-state index contributed by atoms with van der Waals surface area (Å²) in [6.45, 7) is 0.646. The SMILES string of the molecule is NC(=O)c1ccc(CN(C(=O)CCC2CCCC2)C2CC2)cc1. The Morgan fingerprint density at radius 3 is 2.26 bits per heavy atom. The molecule has 1 aromatic carbocycles. The van der Waals surface area contributed by atoms with Gasteiger partial charge in [0, 0.05) is 24.6 Å². The molecule has 0 saturated heterocycles. The van der Waals surface area contributed by atoms with Gasteiger partial charge in [-0.2, -0.15) is 0 Å². The van der Waals surface area contributed by atoms with Crippen molar-refractivity contribution in [2.24, 2.45) is 11.7 Å². The highest BCUT2D eigenvalue weighted by Crippen LogP contribution is 2.32. The number of hydrogen-bond acceptors (Lipinski definition) is 2. The van der Waals surface area contributed by atoms with Gasteiger partial charge in [0.1, 0.15) is 0 Å². The Balaban J connectivity index is 1.57. The minimum atomic E-state index is -0.414. The van der Waals surface area contributed by atoms with Gasteiger partial charge in [-0.15, -0.1) is 0 Å². The number of benzene rings is 1. The van der Waals surface area contributed by atoms with Crippen LogP contribution in [0.5, 0.6) is 0 Å². The van der Waals surface area contributed by atoms with E-state index in [9.17, 15) is 9.59 Å². The Morgan fingerprint density at radius 1 is 1.04 bits per heavy atom. The highest BCUT2D eigenvalue weighted by atomic mass is 16.2. The van der Waals surface area contributed by atoms with Crippen molar-refractivity contribution in [2.45, 2.75) is 64.0 Å². The second-order valence-electron chi connectivity index (χ2n) is 7.00. The average molecular weight is 314 g/mol. The molecule has 1 aromatic rings. The molecule has 2 N–H and O–H groups in total. The van der Waals surface area contributed by atoms with Gasteiger partial charge in [-0.1, -0.05) is 37.8 Å². The van der Waals surface area contributed by atoms with Gasteiger partial charge in [-0.3, -0.25) is 9.59 Å². The molecule has 23 heavy (non-hydrogen) atoms. The smallest absolute Gasteiger partial charge is 0.248 e. The maximum atomic E-state index is 12.6. The summed E-state index contributed by atoms with van der Waals surface area (Å²) in [7, 11) is 0. The Morgan fingerprint density at radius 2 is 1.70 bits per heavy atom. The molecule has 2 saturated carbocycles. The van der Waals surface area contributed by atoms with Crippen LogP contribution < -0.4 is 5.73 Å². The third-order valence-electron chi connectivity index (χ3n) is 5.14. The standard InChI is InChI=1S/C19H26N2O2/c20-19(23)16-8-5-15(6-9-16)13-21(17-10-11-17)18(22)12-7-14-3-1-2-4-14/h5-6,8-9,14,17H,1-4,7,10-13H2,(H2,20,23). The number of carbonyl (C=O) groups is 2. The van der Waals surface area contributed by atoms with Crippen LogP contribution in [0, 0.1) is 5.92 Å². The van der Waals surface area contributed by atoms with Crippen LogP contribution in [-0.2, 0) is 11.3 Å². The van der Waals surface area contributed by atoms with Crippen molar-refractivity contribution in [1.29, 1.82) is 0 Å². The Hall–Kier alpha value is -1.84. The van der Waals surface area contributed by atoms with Crippen molar-refractivity contribution in [3.8, 4) is 0 Å². The minimum absolute atomic E-state index is 0.290. The number of primary amides is 1. The van der Waals surface area contributed by atoms with Gasteiger partial charge >= 0.3 is 0 Å². The van der Waals surface area contributed by atoms with Crippen molar-refractivity contribution >= 4 is 11.8 Å². The number of nitrogens with zero attached hydrogens (tertiary/aromatic N) is 1. The lowest BCUT2D eigenvalue weighted by molar-refractivity contribution is -0.132. The molecule has 2 aliphatic rings. The number of amides is 2. The van der Waals surface area contributed by atoms with Crippen molar-refractivity contribution in [3.05, 3.63) is 35.4 Å². The van der Waals surface area contributed by atoms with E-state index in [2.05, 4.69) is 0 Å². The summed E-state index contributed by atoms with van der Waals surface area (Å²) in [5.74, 6) is 0.636. The van der Waals surface area contributed by atoms with Gasteiger partial charge in [0.15, 0.2) is 0 Å². The van der Waals surface area contributed by atoms with E-state index in [0.29, 0.717) is 30.5 Å². The van der Waals surface area contributed by atoms with E-state index >= 15 is 0 Å². The first-order valence-electron chi connectivity index (χ1n) is 8.81. The van der Waals surface area contributed by atoms with Gasteiger partial charge in [0.2, 0.25) is 11.8 Å². The van der Waals surface area contributed by atoms with E-state index in [-0.39, 0.29) is 0 Å². The van der Waals surface area contributed by atoms with Crippen molar-refractivity contribution in [3.63, 3.8) is 0 Å². The fourth-order valence-electron chi connectivity index (χ4n) is 3.55. The predicted molar refractivity (Wildman–Crippen MR) is 89.7 cm³/mol. The molecule has 2 fully saturated rings. The van der Waals surface area contributed by atoms with Gasteiger partial charge in [-0.05, 0) is 42.9 Å². The van der Waals surface area contributed by atoms with Crippen LogP contribution in [0.1, 0.15) is 67.3 Å². The largest absolute Gasteiger partial charge is 0.366 e. The second kappa shape index (κ2) is 7.16. The summed E-state index contributed by atoms with van der Waals surface area (Å²) >= 11 is 0. The molecule has 0 aliphatic heterocycles. The van der Waals surface area contributed by atoms with E-state index in [1.165, 1.54) is 25.7 Å². The van der Waals surface area contributed by atoms with Crippen LogP contribution in [0.4, 0.5) is 0 Å². The van der Waals surface area contributed by atoms with Gasteiger partial charge in [0.05, 0.1) is 0 Å². The third kappa shape index (κ3) is 4.34. The average Bonchev–Trinajstić information content (AvgIpc) is 3.26. The molecule has 3 rings (SSSR count). The summed E-state index contributed by atoms with van der Waals surface area (Å²) in [6.07, 6.45) is 9.22. The zero-order valence-corrected chi connectivity index (χ0v) is 13.7. The molecular formula is C19H26N2O2. The monoisotopic (exact) mass is 314 g/mol. The van der Waals surface area contributed by atoms with Crippen LogP contribution >= 0.6 is 0 Å². The zero-order valence-electron chi connectivity index (χ0n) is 13.7. The van der Waals surface area contributed by atoms with Crippen LogP contribution in [0.15, 0.2) is 24.3 Å². The van der Waals surface area contributed by atoms with Gasteiger partial charge < -0.3 is 10.6 Å². The van der Waals surface area contributed by atoms with Crippen LogP contribution in [0.25, 0.3) is 0 Å². The third-order valence-corrected chi connectivity index (χ3v) is 5.14. The van der Waals surface area contributed by atoms with Crippen molar-refractivity contribution in [2.75, 3.05) is 0 Å². The molecule has 2 aliphatic carbocycles. The Labute approximate surface area is 138 Å². The molecule has 0 atom stereocenters. The summed E-state index contributed by atoms with van der Waals surface area (Å²) in [4.78, 5) is 25.8. The van der Waals surface area contributed by atoms with E-state index < -0.39 is 5.91 Å². The molecule has 4 heteroatoms. The number of hydrogen-bond donors (Lipinski definition) is 1. The Kier molecular flexibility index (Phi) is 4.99. The molecule has 0 unspecified atom stereocenters. The topological polar surface area (TPSA) is 63.4 Å². The lowest BCUT2D eigenvalue weighted by Gasteiger charge is -2.23. The first kappa shape index (κ1) is 16.0. The first-order valence-corrected chi connectivity index (χ1v) is 8.81. The number of rotatable bonds is 7. The maximum Gasteiger partial charge on any atom is 0.248 e. The summed E-state index contributed by atoms with van der Waals surface area (Å²) in [5, 5.41) is 0. The summed E-state index contributed by atoms with van der Waals surface area (Å²) < 4.78 is 0. The number of carbonyl (C=O) groups excluding carboxylic acids is 2. The van der Waals surface area contributed by atoms with Crippen molar-refractivity contribution < 1.29 is 9.59 Å². The molecule has 2 amide bonds. The normalized spacial score (nSPS) is 18.1. The molecule has 0 heterocycles. The van der Waals surface area contributed by atoms with E-state index in [0.717, 1.165) is 30.7 Å². The van der Waals surface area contributed by atoms with Crippen LogP contribution in [-0.4, -0.2) is 22.8 Å². The van der Waals surface area contributed by atoms with E-state index in [1.54, 1.807) is 12.1 Å². The van der Waals surface area contributed by atoms with Crippen LogP contribution in [0.3, 0.4) is 0 Å². The molecule has 4 nitrogen and oxygen atoms in total. The minimum Gasteiger partial charge on any atom is -0.366 e. The molecule has 0 bridgehead atoms. The van der Waals surface area contributed by atoms with Gasteiger partial charge in [0.25, 0.3) is 0 Å². The molecule has 0 spiro atoms. The molecular weight excluding hydrogens is 288 g/mol. The van der Waals surface area contributed by atoms with E-state index in [4.69, 9.17) is 5.73 Å². The van der Waals surface area contributed by atoms with Gasteiger partial charge in [-0.25, -0.2) is 0 Å². The fraction of sp³-hybridized carbons (Fsp3) is 0.579.